The number of anilines is 1. The molecule has 0 aliphatic rings. The van der Waals surface area contributed by atoms with Gasteiger partial charge in [-0.05, 0) is 43.5 Å². The lowest BCUT2D eigenvalue weighted by atomic mass is 10.1. The molecule has 0 spiro atoms. The Morgan fingerprint density at radius 1 is 1.12 bits per heavy atom. The van der Waals surface area contributed by atoms with E-state index in [1.807, 2.05) is 43.3 Å². The first-order chi connectivity index (χ1) is 12.3. The summed E-state index contributed by atoms with van der Waals surface area (Å²) in [5.74, 6) is 0. The number of hydrogen-bond acceptors (Lipinski definition) is 3. The Morgan fingerprint density at radius 3 is 2.42 bits per heavy atom. The summed E-state index contributed by atoms with van der Waals surface area (Å²) in [5, 5.41) is 4.87. The van der Waals surface area contributed by atoms with Gasteiger partial charge in [-0.3, -0.25) is 9.40 Å². The number of aryl methyl sites for hydroxylation is 3. The fourth-order valence-electron chi connectivity index (χ4n) is 3.10. The van der Waals surface area contributed by atoms with Gasteiger partial charge in [0.2, 0.25) is 0 Å². The van der Waals surface area contributed by atoms with Gasteiger partial charge in [0.1, 0.15) is 0 Å². The number of aromatic nitrogens is 2. The summed E-state index contributed by atoms with van der Waals surface area (Å²) in [6.45, 7) is 6.01. The lowest BCUT2D eigenvalue weighted by Gasteiger charge is -2.12. The molecule has 0 fully saturated rings. The monoisotopic (exact) mass is 389 g/mol. The molecule has 5 nitrogen and oxygen atoms in total. The molecule has 1 N–H and O–H groups in total. The van der Waals surface area contributed by atoms with Crippen LogP contribution in [0.25, 0.3) is 0 Å². The van der Waals surface area contributed by atoms with Crippen molar-refractivity contribution >= 4 is 27.3 Å². The van der Waals surface area contributed by atoms with Crippen LogP contribution in [0.2, 0.25) is 5.02 Å². The number of benzene rings is 2. The van der Waals surface area contributed by atoms with Crippen molar-refractivity contribution in [1.29, 1.82) is 0 Å². The molecule has 1 aromatic heterocycles. The van der Waals surface area contributed by atoms with Gasteiger partial charge in [-0.15, -0.1) is 0 Å². The van der Waals surface area contributed by atoms with Crippen molar-refractivity contribution in [2.75, 3.05) is 4.72 Å². The predicted octanol–water partition coefficient (Wildman–Crippen LogP) is 4.31. The molecule has 136 valence electrons. The van der Waals surface area contributed by atoms with Gasteiger partial charge in [-0.25, -0.2) is 8.42 Å². The quantitative estimate of drug-likeness (QED) is 0.707. The molecule has 0 atom stereocenters. The highest BCUT2D eigenvalue weighted by Crippen LogP contribution is 2.24. The second-order valence-electron chi connectivity index (χ2n) is 6.35. The maximum Gasteiger partial charge on any atom is 0.262 e. The van der Waals surface area contributed by atoms with Crippen LogP contribution in [0.1, 0.15) is 22.3 Å². The number of nitrogens with one attached hydrogen (secondary N) is 1. The molecule has 0 saturated carbocycles. The highest BCUT2D eigenvalue weighted by molar-refractivity contribution is 7.92. The Kier molecular flexibility index (Phi) is 5.07. The van der Waals surface area contributed by atoms with E-state index in [-0.39, 0.29) is 0 Å². The number of sulfonamides is 1. The molecule has 26 heavy (non-hydrogen) atoms. The molecule has 0 radical (unpaired) electrons. The number of hydrogen-bond donors (Lipinski definition) is 1. The molecule has 1 heterocycles. The minimum absolute atomic E-state index is 0.307. The maximum atomic E-state index is 12.8. The average Bonchev–Trinajstić information content (AvgIpc) is 2.94. The van der Waals surface area contributed by atoms with Crippen molar-refractivity contribution < 1.29 is 8.42 Å². The molecule has 0 amide bonds. The Labute approximate surface area is 158 Å². The van der Waals surface area contributed by atoms with Gasteiger partial charge in [0, 0.05) is 11.2 Å². The first kappa shape index (κ1) is 18.5. The van der Waals surface area contributed by atoms with Crippen molar-refractivity contribution in [3.8, 4) is 0 Å². The van der Waals surface area contributed by atoms with Gasteiger partial charge < -0.3 is 0 Å². The van der Waals surface area contributed by atoms with E-state index in [0.29, 0.717) is 22.2 Å². The van der Waals surface area contributed by atoms with Crippen LogP contribution < -0.4 is 4.72 Å². The molecule has 3 aromatic rings. The number of nitrogens with zero attached hydrogens (tertiary/aromatic N) is 2. The first-order valence-corrected chi connectivity index (χ1v) is 9.99. The normalized spacial score (nSPS) is 11.5. The first-order valence-electron chi connectivity index (χ1n) is 8.13. The van der Waals surface area contributed by atoms with Crippen LogP contribution in [0.5, 0.6) is 0 Å². The van der Waals surface area contributed by atoms with Crippen LogP contribution >= 0.6 is 11.6 Å². The zero-order valence-electron chi connectivity index (χ0n) is 14.8. The van der Waals surface area contributed by atoms with Gasteiger partial charge in [0.25, 0.3) is 10.0 Å². The zero-order chi connectivity index (χ0) is 18.9. The summed E-state index contributed by atoms with van der Waals surface area (Å²) in [7, 11) is -3.69. The molecule has 3 rings (SSSR count). The van der Waals surface area contributed by atoms with Crippen LogP contribution in [0.4, 0.5) is 5.69 Å². The Bertz CT molecular complexity index is 1040. The molecule has 0 saturated heterocycles. The van der Waals surface area contributed by atoms with Crippen molar-refractivity contribution in [3.63, 3.8) is 0 Å². The van der Waals surface area contributed by atoms with E-state index < -0.39 is 10.0 Å². The zero-order valence-corrected chi connectivity index (χ0v) is 16.4. The Balaban J connectivity index is 1.84. The smallest absolute Gasteiger partial charge is 0.262 e. The van der Waals surface area contributed by atoms with Gasteiger partial charge in [0.15, 0.2) is 0 Å². The lowest BCUT2D eigenvalue weighted by molar-refractivity contribution is 0.600. The Morgan fingerprint density at radius 2 is 1.77 bits per heavy atom. The van der Waals surface area contributed by atoms with Crippen molar-refractivity contribution in [1.82, 2.24) is 9.78 Å². The molecular weight excluding hydrogens is 370 g/mol. The second kappa shape index (κ2) is 7.13. The molecule has 2 aromatic carbocycles. The summed E-state index contributed by atoms with van der Waals surface area (Å²) in [5.41, 5.74) is 3.80. The van der Waals surface area contributed by atoms with E-state index in [0.717, 1.165) is 22.3 Å². The highest BCUT2D eigenvalue weighted by Gasteiger charge is 2.20. The Hall–Kier alpha value is -2.31. The van der Waals surface area contributed by atoms with E-state index in [1.165, 1.54) is 6.20 Å². The van der Waals surface area contributed by atoms with E-state index >= 15 is 0 Å². The largest absolute Gasteiger partial charge is 0.276 e. The van der Waals surface area contributed by atoms with Crippen molar-refractivity contribution in [2.45, 2.75) is 32.2 Å². The molecule has 7 heteroatoms. The standard InChI is InChI=1S/C19H20ClN3O2S/c1-13-8-14(2)19(15(3)9-13)26(24,25)22-17-10-21-23(12-17)11-16-6-4-5-7-18(16)20/h4-10,12,22H,11H2,1-3H3. The SMILES string of the molecule is Cc1cc(C)c(S(=O)(=O)Nc2cnn(Cc3ccccc3Cl)c2)c(C)c1. The van der Waals surface area contributed by atoms with Gasteiger partial charge >= 0.3 is 0 Å². The topological polar surface area (TPSA) is 64.0 Å². The maximum absolute atomic E-state index is 12.8. The van der Waals surface area contributed by atoms with Gasteiger partial charge in [0.05, 0.1) is 23.3 Å². The van der Waals surface area contributed by atoms with Crippen molar-refractivity contribution in [3.05, 3.63) is 76.1 Å². The van der Waals surface area contributed by atoms with Gasteiger partial charge in [-0.2, -0.15) is 5.10 Å². The molecule has 0 aliphatic carbocycles. The lowest BCUT2D eigenvalue weighted by Crippen LogP contribution is -2.15. The van der Waals surface area contributed by atoms with Crippen LogP contribution in [-0.4, -0.2) is 18.2 Å². The van der Waals surface area contributed by atoms with Crippen LogP contribution in [0.3, 0.4) is 0 Å². The number of halogens is 1. The fraction of sp³-hybridized carbons (Fsp3) is 0.211. The highest BCUT2D eigenvalue weighted by atomic mass is 35.5. The minimum Gasteiger partial charge on any atom is -0.276 e. The summed E-state index contributed by atoms with van der Waals surface area (Å²) in [6.07, 6.45) is 3.15. The van der Waals surface area contributed by atoms with Crippen LogP contribution in [0, 0.1) is 20.8 Å². The second-order valence-corrected chi connectivity index (χ2v) is 8.38. The van der Waals surface area contributed by atoms with Crippen LogP contribution in [0.15, 0.2) is 53.7 Å². The summed E-state index contributed by atoms with van der Waals surface area (Å²) in [6, 6.07) is 11.2. The van der Waals surface area contributed by atoms with E-state index in [4.69, 9.17) is 11.6 Å². The third-order valence-corrected chi connectivity index (χ3v) is 6.10. The third kappa shape index (κ3) is 3.92. The van der Waals surface area contributed by atoms with E-state index in [9.17, 15) is 8.42 Å². The van der Waals surface area contributed by atoms with Gasteiger partial charge in [-0.1, -0.05) is 47.5 Å². The molecule has 0 unspecified atom stereocenters. The average molecular weight is 390 g/mol. The molecule has 0 aliphatic heterocycles. The van der Waals surface area contributed by atoms with Crippen molar-refractivity contribution in [2.24, 2.45) is 0 Å². The summed E-state index contributed by atoms with van der Waals surface area (Å²) < 4.78 is 29.9. The summed E-state index contributed by atoms with van der Waals surface area (Å²) >= 11 is 6.16. The third-order valence-electron chi connectivity index (χ3n) is 4.05. The van der Waals surface area contributed by atoms with Crippen LogP contribution in [-0.2, 0) is 16.6 Å². The molecule has 0 bridgehead atoms. The predicted molar refractivity (Wildman–Crippen MR) is 104 cm³/mol. The fourth-order valence-corrected chi connectivity index (χ4v) is 4.78. The van der Waals surface area contributed by atoms with E-state index in [2.05, 4.69) is 9.82 Å². The summed E-state index contributed by atoms with van der Waals surface area (Å²) in [4.78, 5) is 0.307. The minimum atomic E-state index is -3.69. The van der Waals surface area contributed by atoms with E-state index in [1.54, 1.807) is 24.7 Å². The number of rotatable bonds is 5. The molecular formula is C19H20ClN3O2S.